The van der Waals surface area contributed by atoms with Gasteiger partial charge in [0.1, 0.15) is 16.8 Å². The van der Waals surface area contributed by atoms with E-state index in [2.05, 4.69) is 25.8 Å². The third kappa shape index (κ3) is 7.14. The molecule has 2 N–H and O–H groups in total. The van der Waals surface area contributed by atoms with Crippen molar-refractivity contribution in [3.05, 3.63) is 30.1 Å². The van der Waals surface area contributed by atoms with Gasteiger partial charge in [-0.05, 0) is 38.8 Å². The fourth-order valence-electron chi connectivity index (χ4n) is 3.98. The maximum absolute atomic E-state index is 13.0. The number of anilines is 1. The van der Waals surface area contributed by atoms with Gasteiger partial charge in [-0.15, -0.1) is 10.2 Å². The van der Waals surface area contributed by atoms with Crippen molar-refractivity contribution in [1.82, 2.24) is 29.7 Å². The molecule has 1 saturated heterocycles. The lowest BCUT2D eigenvalue weighted by atomic mass is 9.97. The lowest BCUT2D eigenvalue weighted by molar-refractivity contribution is -0.131. The van der Waals surface area contributed by atoms with E-state index in [1.165, 1.54) is 26.4 Å². The standard InChI is InChI=1S/C25H39N7O5S/c1-24(2,3)23-30-29-22(37-23)21(34)18-9-8-14-32(18)20(33)12-13-28-25(4,5)16-27-19-11-10-17(15-26-19)38(35,36)31(6)7/h10-11,15,18,28H,8-9,12-14,16H2,1-7H3,(H,26,27). The van der Waals surface area contributed by atoms with Crippen molar-refractivity contribution in [2.24, 2.45) is 0 Å². The highest BCUT2D eigenvalue weighted by atomic mass is 32.2. The number of carbonyl (C=O) groups is 2. The Hall–Kier alpha value is -2.90. The van der Waals surface area contributed by atoms with Crippen LogP contribution in [0.1, 0.15) is 70.5 Å². The number of aromatic nitrogens is 3. The van der Waals surface area contributed by atoms with E-state index in [0.29, 0.717) is 37.8 Å². The molecule has 1 amide bonds. The number of Topliss-reactive ketones (excluding diaryl/α,β-unsaturated/α-hetero) is 1. The molecule has 0 radical (unpaired) electrons. The van der Waals surface area contributed by atoms with Crippen molar-refractivity contribution >= 4 is 27.5 Å². The summed E-state index contributed by atoms with van der Waals surface area (Å²) in [6.45, 7) is 11.2. The normalized spacial score (nSPS) is 16.7. The highest BCUT2D eigenvalue weighted by molar-refractivity contribution is 7.89. The van der Waals surface area contributed by atoms with Gasteiger partial charge in [0.05, 0.1) is 0 Å². The zero-order chi connectivity index (χ0) is 28.3. The molecule has 3 heterocycles. The molecule has 1 aliphatic heterocycles. The Labute approximate surface area is 224 Å². The predicted octanol–water partition coefficient (Wildman–Crippen LogP) is 2.06. The summed E-state index contributed by atoms with van der Waals surface area (Å²) in [5.41, 5.74) is -0.750. The van der Waals surface area contributed by atoms with E-state index in [4.69, 9.17) is 4.42 Å². The highest BCUT2D eigenvalue weighted by Gasteiger charge is 2.37. The Morgan fingerprint density at radius 1 is 1.16 bits per heavy atom. The smallest absolute Gasteiger partial charge is 0.286 e. The Morgan fingerprint density at radius 2 is 1.87 bits per heavy atom. The minimum Gasteiger partial charge on any atom is -0.418 e. The summed E-state index contributed by atoms with van der Waals surface area (Å²) < 4.78 is 31.1. The van der Waals surface area contributed by atoms with Crippen LogP contribution in [0.4, 0.5) is 5.82 Å². The molecule has 38 heavy (non-hydrogen) atoms. The van der Waals surface area contributed by atoms with E-state index in [1.54, 1.807) is 11.0 Å². The van der Waals surface area contributed by atoms with Crippen molar-refractivity contribution in [2.75, 3.05) is 39.0 Å². The van der Waals surface area contributed by atoms with Crippen LogP contribution in [0.5, 0.6) is 0 Å². The second-order valence-corrected chi connectivity index (χ2v) is 13.5. The third-order valence-corrected chi connectivity index (χ3v) is 8.12. The maximum Gasteiger partial charge on any atom is 0.286 e. The minimum absolute atomic E-state index is 0.0501. The molecule has 0 spiro atoms. The van der Waals surface area contributed by atoms with Gasteiger partial charge in [0.15, 0.2) is 0 Å². The zero-order valence-electron chi connectivity index (χ0n) is 23.2. The molecule has 13 heteroatoms. The molecule has 3 rings (SSSR count). The molecule has 2 aromatic rings. The van der Waals surface area contributed by atoms with Gasteiger partial charge in [0.25, 0.3) is 5.89 Å². The van der Waals surface area contributed by atoms with E-state index in [1.807, 2.05) is 34.6 Å². The van der Waals surface area contributed by atoms with Crippen LogP contribution in [0.3, 0.4) is 0 Å². The Morgan fingerprint density at radius 3 is 2.45 bits per heavy atom. The number of ketones is 1. The summed E-state index contributed by atoms with van der Waals surface area (Å²) in [6.07, 6.45) is 2.87. The molecule has 210 valence electrons. The maximum atomic E-state index is 13.0. The van der Waals surface area contributed by atoms with Gasteiger partial charge < -0.3 is 20.0 Å². The first-order valence-corrected chi connectivity index (χ1v) is 14.1. The minimum atomic E-state index is -3.53. The number of nitrogens with zero attached hydrogens (tertiary/aromatic N) is 5. The second-order valence-electron chi connectivity index (χ2n) is 11.4. The third-order valence-electron chi connectivity index (χ3n) is 6.32. The van der Waals surface area contributed by atoms with Gasteiger partial charge in [-0.3, -0.25) is 9.59 Å². The number of rotatable bonds is 11. The summed E-state index contributed by atoms with van der Waals surface area (Å²) in [4.78, 5) is 31.9. The van der Waals surface area contributed by atoms with Crippen molar-refractivity contribution in [3.8, 4) is 0 Å². The largest absolute Gasteiger partial charge is 0.418 e. The molecular weight excluding hydrogens is 510 g/mol. The Bertz CT molecular complexity index is 1230. The Balaban J connectivity index is 1.49. The van der Waals surface area contributed by atoms with E-state index < -0.39 is 16.1 Å². The SMILES string of the molecule is CN(C)S(=O)(=O)c1ccc(NCC(C)(C)NCCC(=O)N2CCCC2C(=O)c2nnc(C(C)(C)C)o2)nc1. The van der Waals surface area contributed by atoms with E-state index >= 15 is 0 Å². The lowest BCUT2D eigenvalue weighted by Gasteiger charge is -2.28. The van der Waals surface area contributed by atoms with E-state index in [0.717, 1.165) is 10.7 Å². The number of hydrogen-bond acceptors (Lipinski definition) is 10. The first kappa shape index (κ1) is 29.7. The summed E-state index contributed by atoms with van der Waals surface area (Å²) in [5.74, 6) is 0.468. The molecule has 0 aromatic carbocycles. The van der Waals surface area contributed by atoms with Crippen LogP contribution in [-0.2, 0) is 20.2 Å². The van der Waals surface area contributed by atoms with Crippen molar-refractivity contribution in [1.29, 1.82) is 0 Å². The summed E-state index contributed by atoms with van der Waals surface area (Å²) in [6, 6.07) is 2.54. The number of nitrogens with one attached hydrogen (secondary N) is 2. The van der Waals surface area contributed by atoms with Gasteiger partial charge in [-0.1, -0.05) is 20.8 Å². The first-order valence-electron chi connectivity index (χ1n) is 12.7. The monoisotopic (exact) mass is 549 g/mol. The molecule has 0 saturated carbocycles. The van der Waals surface area contributed by atoms with Gasteiger partial charge in [0, 0.05) is 57.3 Å². The Kier molecular flexibility index (Phi) is 8.94. The van der Waals surface area contributed by atoms with Crippen LogP contribution in [0.25, 0.3) is 0 Å². The van der Waals surface area contributed by atoms with Crippen LogP contribution in [0.2, 0.25) is 0 Å². The second kappa shape index (κ2) is 11.5. The molecule has 1 unspecified atom stereocenters. The topological polar surface area (TPSA) is 151 Å². The van der Waals surface area contributed by atoms with Crippen LogP contribution in [0, 0.1) is 0 Å². The number of likely N-dealkylation sites (tertiary alicyclic amines) is 1. The van der Waals surface area contributed by atoms with Gasteiger partial charge in [-0.2, -0.15) is 0 Å². The first-order chi connectivity index (χ1) is 17.6. The molecule has 0 bridgehead atoms. The van der Waals surface area contributed by atoms with Crippen LogP contribution < -0.4 is 10.6 Å². The quantitative estimate of drug-likeness (QED) is 0.399. The fourth-order valence-corrected chi connectivity index (χ4v) is 4.83. The number of sulfonamides is 1. The van der Waals surface area contributed by atoms with Gasteiger partial charge in [0.2, 0.25) is 27.6 Å². The summed E-state index contributed by atoms with van der Waals surface area (Å²) >= 11 is 0. The summed E-state index contributed by atoms with van der Waals surface area (Å²) in [7, 11) is -0.591. The highest BCUT2D eigenvalue weighted by Crippen LogP contribution is 2.25. The molecule has 12 nitrogen and oxygen atoms in total. The fraction of sp³-hybridized carbons (Fsp3) is 0.640. The van der Waals surface area contributed by atoms with Crippen molar-refractivity contribution in [3.63, 3.8) is 0 Å². The van der Waals surface area contributed by atoms with Crippen LogP contribution in [0.15, 0.2) is 27.6 Å². The van der Waals surface area contributed by atoms with Crippen LogP contribution in [-0.4, -0.2) is 89.8 Å². The van der Waals surface area contributed by atoms with Crippen LogP contribution >= 0.6 is 0 Å². The zero-order valence-corrected chi connectivity index (χ0v) is 24.1. The van der Waals surface area contributed by atoms with Gasteiger partial charge >= 0.3 is 0 Å². The van der Waals surface area contributed by atoms with E-state index in [-0.39, 0.29) is 39.9 Å². The number of amides is 1. The molecule has 2 aromatic heterocycles. The van der Waals surface area contributed by atoms with Crippen molar-refractivity contribution in [2.45, 2.75) is 75.8 Å². The predicted molar refractivity (Wildman–Crippen MR) is 142 cm³/mol. The summed E-state index contributed by atoms with van der Waals surface area (Å²) in [5, 5.41) is 14.5. The average Bonchev–Trinajstić information content (AvgIpc) is 3.53. The number of carbonyl (C=O) groups excluding carboxylic acids is 2. The number of hydrogen-bond donors (Lipinski definition) is 2. The lowest BCUT2D eigenvalue weighted by Crippen LogP contribution is -2.47. The number of pyridine rings is 1. The molecule has 1 fully saturated rings. The molecule has 1 aliphatic rings. The van der Waals surface area contributed by atoms with E-state index in [9.17, 15) is 18.0 Å². The molecule has 0 aliphatic carbocycles. The molecular formula is C25H39N7O5S. The molecule has 1 atom stereocenters. The van der Waals surface area contributed by atoms with Gasteiger partial charge in [-0.25, -0.2) is 17.7 Å². The van der Waals surface area contributed by atoms with Crippen molar-refractivity contribution < 1.29 is 22.4 Å². The average molecular weight is 550 g/mol.